The summed E-state index contributed by atoms with van der Waals surface area (Å²) in [6.45, 7) is 4.66. The van der Waals surface area contributed by atoms with Crippen LogP contribution >= 0.6 is 0 Å². The summed E-state index contributed by atoms with van der Waals surface area (Å²) < 4.78 is 2.16. The summed E-state index contributed by atoms with van der Waals surface area (Å²) in [5, 5.41) is 3.73. The van der Waals surface area contributed by atoms with E-state index in [9.17, 15) is 0 Å². The van der Waals surface area contributed by atoms with E-state index < -0.39 is 0 Å². The number of rotatable bonds is 6. The molecule has 0 aliphatic heterocycles. The number of aromatic nitrogens is 2. The quantitative estimate of drug-likeness (QED) is 0.768. The molecule has 3 nitrogen and oxygen atoms in total. The summed E-state index contributed by atoms with van der Waals surface area (Å²) in [7, 11) is 0. The minimum absolute atomic E-state index is 0.775. The number of hydrogen-bond acceptors (Lipinski definition) is 2. The lowest BCUT2D eigenvalue weighted by Crippen LogP contribution is -2.37. The van der Waals surface area contributed by atoms with E-state index in [0.717, 1.165) is 18.5 Å². The zero-order valence-electron chi connectivity index (χ0n) is 10.9. The first-order chi connectivity index (χ1) is 8.36. The van der Waals surface area contributed by atoms with Gasteiger partial charge in [0.2, 0.25) is 0 Å². The van der Waals surface area contributed by atoms with Crippen molar-refractivity contribution in [3.8, 4) is 0 Å². The van der Waals surface area contributed by atoms with Crippen LogP contribution in [0.5, 0.6) is 0 Å². The maximum Gasteiger partial charge on any atom is 0.0945 e. The van der Waals surface area contributed by atoms with Crippen LogP contribution in [0, 0.1) is 5.92 Å². The summed E-state index contributed by atoms with van der Waals surface area (Å²) in [4.78, 5) is 4.05. The SMILES string of the molecule is CC1CCCCC1NCCCCn1ccnc1. The van der Waals surface area contributed by atoms with Crippen LogP contribution in [-0.4, -0.2) is 22.1 Å². The van der Waals surface area contributed by atoms with E-state index in [1.807, 2.05) is 18.7 Å². The van der Waals surface area contributed by atoms with Crippen molar-refractivity contribution in [2.24, 2.45) is 5.92 Å². The van der Waals surface area contributed by atoms with Gasteiger partial charge in [0.1, 0.15) is 0 Å². The predicted molar refractivity (Wildman–Crippen MR) is 70.9 cm³/mol. The third-order valence-electron chi connectivity index (χ3n) is 3.92. The van der Waals surface area contributed by atoms with E-state index in [4.69, 9.17) is 0 Å². The van der Waals surface area contributed by atoms with E-state index in [1.54, 1.807) is 0 Å². The second kappa shape index (κ2) is 6.80. The molecule has 17 heavy (non-hydrogen) atoms. The molecule has 1 aliphatic carbocycles. The number of hydrogen-bond donors (Lipinski definition) is 1. The molecule has 1 aromatic heterocycles. The molecular weight excluding hydrogens is 210 g/mol. The molecule has 1 fully saturated rings. The van der Waals surface area contributed by atoms with Gasteiger partial charge in [-0.3, -0.25) is 0 Å². The average Bonchev–Trinajstić information content (AvgIpc) is 2.84. The van der Waals surface area contributed by atoms with Gasteiger partial charge in [-0.25, -0.2) is 4.98 Å². The van der Waals surface area contributed by atoms with Gasteiger partial charge in [0.05, 0.1) is 6.33 Å². The van der Waals surface area contributed by atoms with Crippen LogP contribution in [0.25, 0.3) is 0 Å². The van der Waals surface area contributed by atoms with Gasteiger partial charge in [-0.15, -0.1) is 0 Å². The van der Waals surface area contributed by atoms with E-state index >= 15 is 0 Å². The number of nitrogens with zero attached hydrogens (tertiary/aromatic N) is 2. The molecule has 0 amide bonds. The van der Waals surface area contributed by atoms with Gasteiger partial charge in [-0.2, -0.15) is 0 Å². The Bertz CT molecular complexity index is 294. The van der Waals surface area contributed by atoms with Crippen molar-refractivity contribution in [1.29, 1.82) is 0 Å². The first kappa shape index (κ1) is 12.6. The summed E-state index contributed by atoms with van der Waals surface area (Å²) in [6.07, 6.45) is 13.9. The van der Waals surface area contributed by atoms with Gasteiger partial charge in [-0.05, 0) is 38.1 Å². The van der Waals surface area contributed by atoms with Crippen molar-refractivity contribution < 1.29 is 0 Å². The Morgan fingerprint density at radius 3 is 2.94 bits per heavy atom. The van der Waals surface area contributed by atoms with Crippen LogP contribution < -0.4 is 5.32 Å². The fraction of sp³-hybridized carbons (Fsp3) is 0.786. The van der Waals surface area contributed by atoms with E-state index in [0.29, 0.717) is 0 Å². The topological polar surface area (TPSA) is 29.9 Å². The summed E-state index contributed by atoms with van der Waals surface area (Å²) >= 11 is 0. The summed E-state index contributed by atoms with van der Waals surface area (Å²) in [6, 6.07) is 0.775. The molecule has 0 bridgehead atoms. The minimum Gasteiger partial charge on any atom is -0.337 e. The van der Waals surface area contributed by atoms with Gasteiger partial charge in [0, 0.05) is 25.0 Å². The first-order valence-electron chi connectivity index (χ1n) is 7.05. The second-order valence-electron chi connectivity index (χ2n) is 5.33. The first-order valence-corrected chi connectivity index (χ1v) is 7.05. The fourth-order valence-electron chi connectivity index (χ4n) is 2.75. The van der Waals surface area contributed by atoms with Crippen LogP contribution in [0.2, 0.25) is 0 Å². The maximum atomic E-state index is 4.05. The van der Waals surface area contributed by atoms with E-state index in [1.165, 1.54) is 45.1 Å². The van der Waals surface area contributed by atoms with Crippen molar-refractivity contribution in [1.82, 2.24) is 14.9 Å². The Morgan fingerprint density at radius 2 is 2.18 bits per heavy atom. The van der Waals surface area contributed by atoms with Crippen LogP contribution in [-0.2, 0) is 6.54 Å². The predicted octanol–water partition coefficient (Wildman–Crippen LogP) is 2.83. The third kappa shape index (κ3) is 4.15. The maximum absolute atomic E-state index is 4.05. The lowest BCUT2D eigenvalue weighted by Gasteiger charge is -2.29. The standard InChI is InChI=1S/C14H25N3/c1-13-6-2-3-7-14(13)16-8-4-5-10-17-11-9-15-12-17/h9,11-14,16H,2-8,10H2,1H3. The molecule has 1 aromatic rings. The van der Waals surface area contributed by atoms with E-state index in [2.05, 4.69) is 21.8 Å². The molecule has 1 aliphatic rings. The molecule has 0 spiro atoms. The molecule has 3 heteroatoms. The Hall–Kier alpha value is -0.830. The Labute approximate surface area is 105 Å². The zero-order chi connectivity index (χ0) is 11.9. The number of nitrogens with one attached hydrogen (secondary N) is 1. The van der Waals surface area contributed by atoms with Crippen molar-refractivity contribution in [3.63, 3.8) is 0 Å². The largest absolute Gasteiger partial charge is 0.337 e. The lowest BCUT2D eigenvalue weighted by atomic mass is 9.86. The molecule has 0 saturated heterocycles. The summed E-state index contributed by atoms with van der Waals surface area (Å²) in [5.74, 6) is 0.873. The highest BCUT2D eigenvalue weighted by Crippen LogP contribution is 2.23. The van der Waals surface area contributed by atoms with Gasteiger partial charge in [-0.1, -0.05) is 19.8 Å². The highest BCUT2D eigenvalue weighted by molar-refractivity contribution is 4.78. The molecule has 2 unspecified atom stereocenters. The molecule has 2 rings (SSSR count). The second-order valence-corrected chi connectivity index (χ2v) is 5.33. The number of imidazole rings is 1. The van der Waals surface area contributed by atoms with Crippen molar-refractivity contribution in [2.45, 2.75) is 58.0 Å². The fourth-order valence-corrected chi connectivity index (χ4v) is 2.75. The monoisotopic (exact) mass is 235 g/mol. The molecule has 96 valence electrons. The van der Waals surface area contributed by atoms with Crippen molar-refractivity contribution in [3.05, 3.63) is 18.7 Å². The van der Waals surface area contributed by atoms with Crippen LogP contribution in [0.3, 0.4) is 0 Å². The minimum atomic E-state index is 0.775. The Balaban J connectivity index is 1.53. The average molecular weight is 235 g/mol. The molecule has 1 N–H and O–H groups in total. The number of unbranched alkanes of at least 4 members (excludes halogenated alkanes) is 1. The molecule has 1 heterocycles. The van der Waals surface area contributed by atoms with Gasteiger partial charge >= 0.3 is 0 Å². The zero-order valence-corrected chi connectivity index (χ0v) is 10.9. The van der Waals surface area contributed by atoms with E-state index in [-0.39, 0.29) is 0 Å². The summed E-state index contributed by atoms with van der Waals surface area (Å²) in [5.41, 5.74) is 0. The molecule has 2 atom stereocenters. The number of aryl methyl sites for hydroxylation is 1. The third-order valence-corrected chi connectivity index (χ3v) is 3.92. The molecular formula is C14H25N3. The Morgan fingerprint density at radius 1 is 1.29 bits per heavy atom. The smallest absolute Gasteiger partial charge is 0.0945 e. The molecule has 1 saturated carbocycles. The highest BCUT2D eigenvalue weighted by Gasteiger charge is 2.19. The molecule has 0 radical (unpaired) electrons. The van der Waals surface area contributed by atoms with Gasteiger partial charge in [0.15, 0.2) is 0 Å². The van der Waals surface area contributed by atoms with Crippen LogP contribution in [0.15, 0.2) is 18.7 Å². The lowest BCUT2D eigenvalue weighted by molar-refractivity contribution is 0.279. The van der Waals surface area contributed by atoms with Crippen LogP contribution in [0.4, 0.5) is 0 Å². The van der Waals surface area contributed by atoms with Crippen molar-refractivity contribution >= 4 is 0 Å². The Kier molecular flexibility index (Phi) is 5.05. The normalized spacial score (nSPS) is 25.0. The van der Waals surface area contributed by atoms with Gasteiger partial charge < -0.3 is 9.88 Å². The van der Waals surface area contributed by atoms with Crippen molar-refractivity contribution in [2.75, 3.05) is 6.54 Å². The molecule has 0 aromatic carbocycles. The highest BCUT2D eigenvalue weighted by atomic mass is 15.0. The van der Waals surface area contributed by atoms with Gasteiger partial charge in [0.25, 0.3) is 0 Å². The van der Waals surface area contributed by atoms with Crippen LogP contribution in [0.1, 0.15) is 45.4 Å².